The second-order valence-corrected chi connectivity index (χ2v) is 3.64. The first-order valence-electron chi connectivity index (χ1n) is 5.59. The number of ether oxygens (including phenoxy) is 1. The van der Waals surface area contributed by atoms with Crippen LogP contribution in [0.25, 0.3) is 6.08 Å². The predicted molar refractivity (Wildman–Crippen MR) is 67.9 cm³/mol. The zero-order valence-electron chi connectivity index (χ0n) is 10.5. The summed E-state index contributed by atoms with van der Waals surface area (Å²) in [6.45, 7) is 2.10. The minimum absolute atomic E-state index is 0.0347. The molecule has 1 aromatic heterocycles. The number of methoxy groups -OCH3 is 1. The first-order chi connectivity index (χ1) is 8.63. The van der Waals surface area contributed by atoms with Gasteiger partial charge in [0.2, 0.25) is 5.91 Å². The van der Waals surface area contributed by atoms with E-state index in [1.54, 1.807) is 18.3 Å². The van der Waals surface area contributed by atoms with Crippen LogP contribution in [0.15, 0.2) is 24.4 Å². The maximum atomic E-state index is 11.1. The van der Waals surface area contributed by atoms with Gasteiger partial charge in [0.1, 0.15) is 5.69 Å². The van der Waals surface area contributed by atoms with Crippen LogP contribution in [-0.2, 0) is 9.53 Å². The van der Waals surface area contributed by atoms with Crippen LogP contribution in [-0.4, -0.2) is 30.5 Å². The summed E-state index contributed by atoms with van der Waals surface area (Å²) in [6, 6.07) is 3.40. The molecule has 0 saturated heterocycles. The SMILES string of the molecule is COC(=O)c1ccc(C=CCCNC(C)=O)cn1. The lowest BCUT2D eigenvalue weighted by molar-refractivity contribution is -0.118. The summed E-state index contributed by atoms with van der Waals surface area (Å²) in [5, 5.41) is 2.70. The highest BCUT2D eigenvalue weighted by molar-refractivity contribution is 5.87. The van der Waals surface area contributed by atoms with E-state index < -0.39 is 5.97 Å². The molecule has 18 heavy (non-hydrogen) atoms. The van der Waals surface area contributed by atoms with Crippen molar-refractivity contribution in [3.05, 3.63) is 35.7 Å². The highest BCUT2D eigenvalue weighted by Gasteiger charge is 2.04. The number of esters is 1. The van der Waals surface area contributed by atoms with Crippen molar-refractivity contribution in [3.8, 4) is 0 Å². The van der Waals surface area contributed by atoms with Gasteiger partial charge in [0.15, 0.2) is 0 Å². The van der Waals surface area contributed by atoms with E-state index in [0.29, 0.717) is 6.54 Å². The largest absolute Gasteiger partial charge is 0.464 e. The van der Waals surface area contributed by atoms with Gasteiger partial charge in [0, 0.05) is 19.7 Å². The molecule has 96 valence electrons. The Labute approximate surface area is 106 Å². The molecule has 0 aliphatic rings. The molecule has 1 heterocycles. The molecule has 1 N–H and O–H groups in total. The third-order valence-electron chi connectivity index (χ3n) is 2.18. The molecule has 0 saturated carbocycles. The summed E-state index contributed by atoms with van der Waals surface area (Å²) in [5.74, 6) is -0.483. The van der Waals surface area contributed by atoms with E-state index in [-0.39, 0.29) is 11.6 Å². The number of rotatable bonds is 5. The average Bonchev–Trinajstić information content (AvgIpc) is 2.38. The average molecular weight is 248 g/mol. The molecule has 0 fully saturated rings. The third-order valence-corrected chi connectivity index (χ3v) is 2.18. The fraction of sp³-hybridized carbons (Fsp3) is 0.308. The normalized spacial score (nSPS) is 10.3. The number of carbonyl (C=O) groups is 2. The Hall–Kier alpha value is -2.17. The molecule has 0 spiro atoms. The van der Waals surface area contributed by atoms with Crippen LogP contribution in [0.3, 0.4) is 0 Å². The summed E-state index contributed by atoms with van der Waals surface area (Å²) >= 11 is 0. The van der Waals surface area contributed by atoms with Gasteiger partial charge in [-0.1, -0.05) is 18.2 Å². The van der Waals surface area contributed by atoms with E-state index in [0.717, 1.165) is 12.0 Å². The fourth-order valence-electron chi connectivity index (χ4n) is 1.28. The lowest BCUT2D eigenvalue weighted by Crippen LogP contribution is -2.20. The Morgan fingerprint density at radius 3 is 2.78 bits per heavy atom. The number of hydrogen-bond donors (Lipinski definition) is 1. The Kier molecular flexibility index (Phi) is 5.57. The van der Waals surface area contributed by atoms with Crippen molar-refractivity contribution in [1.82, 2.24) is 10.3 Å². The van der Waals surface area contributed by atoms with Gasteiger partial charge in [-0.3, -0.25) is 4.79 Å². The molecule has 0 aliphatic heterocycles. The van der Waals surface area contributed by atoms with Crippen molar-refractivity contribution >= 4 is 18.0 Å². The Bertz CT molecular complexity index is 438. The molecular weight excluding hydrogens is 232 g/mol. The van der Waals surface area contributed by atoms with Crippen molar-refractivity contribution in [2.75, 3.05) is 13.7 Å². The Morgan fingerprint density at radius 1 is 1.44 bits per heavy atom. The molecular formula is C13H16N2O3. The third kappa shape index (κ3) is 4.78. The molecule has 1 aromatic rings. The van der Waals surface area contributed by atoms with E-state index in [1.807, 2.05) is 12.2 Å². The molecule has 0 aromatic carbocycles. The fourth-order valence-corrected chi connectivity index (χ4v) is 1.28. The van der Waals surface area contributed by atoms with Crippen LogP contribution in [0.1, 0.15) is 29.4 Å². The zero-order chi connectivity index (χ0) is 13.4. The Balaban J connectivity index is 2.45. The lowest BCUT2D eigenvalue weighted by Gasteiger charge is -1.99. The summed E-state index contributed by atoms with van der Waals surface area (Å²) < 4.78 is 4.55. The number of aromatic nitrogens is 1. The number of amides is 1. The van der Waals surface area contributed by atoms with Gasteiger partial charge >= 0.3 is 5.97 Å². The van der Waals surface area contributed by atoms with E-state index in [9.17, 15) is 9.59 Å². The lowest BCUT2D eigenvalue weighted by atomic mass is 10.2. The van der Waals surface area contributed by atoms with E-state index in [4.69, 9.17) is 0 Å². The summed E-state index contributed by atoms with van der Waals surface area (Å²) in [5.41, 5.74) is 1.18. The van der Waals surface area contributed by atoms with Crippen molar-refractivity contribution in [3.63, 3.8) is 0 Å². The molecule has 0 radical (unpaired) electrons. The standard InChI is InChI=1S/C13H16N2O3/c1-10(16)14-8-4-3-5-11-6-7-12(15-9-11)13(17)18-2/h3,5-7,9H,4,8H2,1-2H3,(H,14,16). The molecule has 0 atom stereocenters. The topological polar surface area (TPSA) is 68.3 Å². The van der Waals surface area contributed by atoms with Crippen LogP contribution in [0.5, 0.6) is 0 Å². The number of nitrogens with zero attached hydrogens (tertiary/aromatic N) is 1. The highest BCUT2D eigenvalue weighted by Crippen LogP contribution is 2.04. The van der Waals surface area contributed by atoms with Gasteiger partial charge in [0.05, 0.1) is 7.11 Å². The van der Waals surface area contributed by atoms with E-state index >= 15 is 0 Å². The molecule has 5 nitrogen and oxygen atoms in total. The molecule has 0 aliphatic carbocycles. The van der Waals surface area contributed by atoms with Crippen molar-refractivity contribution in [2.24, 2.45) is 0 Å². The molecule has 0 bridgehead atoms. The number of nitrogens with one attached hydrogen (secondary N) is 1. The van der Waals surface area contributed by atoms with Crippen molar-refractivity contribution in [1.29, 1.82) is 0 Å². The smallest absolute Gasteiger partial charge is 0.356 e. The molecule has 1 amide bonds. The number of carbonyl (C=O) groups excluding carboxylic acids is 2. The van der Waals surface area contributed by atoms with Crippen LogP contribution >= 0.6 is 0 Å². The van der Waals surface area contributed by atoms with E-state index in [2.05, 4.69) is 15.0 Å². The number of hydrogen-bond acceptors (Lipinski definition) is 4. The summed E-state index contributed by atoms with van der Waals surface area (Å²) in [6.07, 6.45) is 6.17. The minimum atomic E-state index is -0.448. The molecule has 5 heteroatoms. The van der Waals surface area contributed by atoms with Gasteiger partial charge in [0.25, 0.3) is 0 Å². The zero-order valence-corrected chi connectivity index (χ0v) is 10.5. The second-order valence-electron chi connectivity index (χ2n) is 3.64. The van der Waals surface area contributed by atoms with Gasteiger partial charge < -0.3 is 10.1 Å². The van der Waals surface area contributed by atoms with Crippen LogP contribution < -0.4 is 5.32 Å². The maximum Gasteiger partial charge on any atom is 0.356 e. The quantitative estimate of drug-likeness (QED) is 0.632. The van der Waals surface area contributed by atoms with Gasteiger partial charge in [-0.15, -0.1) is 0 Å². The van der Waals surface area contributed by atoms with Crippen LogP contribution in [0, 0.1) is 0 Å². The number of pyridine rings is 1. The van der Waals surface area contributed by atoms with Crippen LogP contribution in [0.4, 0.5) is 0 Å². The second kappa shape index (κ2) is 7.21. The highest BCUT2D eigenvalue weighted by atomic mass is 16.5. The minimum Gasteiger partial charge on any atom is -0.464 e. The summed E-state index contributed by atoms with van der Waals surface area (Å²) in [7, 11) is 1.32. The van der Waals surface area contributed by atoms with E-state index in [1.165, 1.54) is 14.0 Å². The summed E-state index contributed by atoms with van der Waals surface area (Å²) in [4.78, 5) is 25.7. The van der Waals surface area contributed by atoms with Gasteiger partial charge in [-0.05, 0) is 18.1 Å². The van der Waals surface area contributed by atoms with Gasteiger partial charge in [-0.2, -0.15) is 0 Å². The van der Waals surface area contributed by atoms with Crippen molar-refractivity contribution in [2.45, 2.75) is 13.3 Å². The van der Waals surface area contributed by atoms with Crippen LogP contribution in [0.2, 0.25) is 0 Å². The molecule has 0 unspecified atom stereocenters. The molecule has 1 rings (SSSR count). The van der Waals surface area contributed by atoms with Crippen molar-refractivity contribution < 1.29 is 14.3 Å². The monoisotopic (exact) mass is 248 g/mol. The predicted octanol–water partition coefficient (Wildman–Crippen LogP) is 1.41. The van der Waals surface area contributed by atoms with Gasteiger partial charge in [-0.25, -0.2) is 9.78 Å². The Morgan fingerprint density at radius 2 is 2.22 bits per heavy atom. The maximum absolute atomic E-state index is 11.1. The first kappa shape index (κ1) is 13.9. The first-order valence-corrected chi connectivity index (χ1v) is 5.59.